The molecule has 110 valence electrons. The highest BCUT2D eigenvalue weighted by Gasteiger charge is 2.26. The maximum Gasteiger partial charge on any atom is 0.279 e. The van der Waals surface area contributed by atoms with E-state index in [4.69, 9.17) is 0 Å². The van der Waals surface area contributed by atoms with Gasteiger partial charge in [-0.25, -0.2) is 4.98 Å². The summed E-state index contributed by atoms with van der Waals surface area (Å²) >= 11 is 3.42. The van der Waals surface area contributed by atoms with E-state index in [0.717, 1.165) is 24.8 Å². The van der Waals surface area contributed by atoms with Crippen LogP contribution in [0.2, 0.25) is 0 Å². The molecule has 1 aromatic heterocycles. The Kier molecular flexibility index (Phi) is 4.36. The van der Waals surface area contributed by atoms with Crippen LogP contribution in [0, 0.1) is 0 Å². The first-order chi connectivity index (χ1) is 10.6. The summed E-state index contributed by atoms with van der Waals surface area (Å²) in [5.74, 6) is -1.08. The van der Waals surface area contributed by atoms with Gasteiger partial charge < -0.3 is 9.90 Å². The highest BCUT2D eigenvalue weighted by Crippen LogP contribution is 2.44. The molecule has 0 saturated carbocycles. The summed E-state index contributed by atoms with van der Waals surface area (Å²) in [6, 6.07) is 17.8. The number of hydrogen-bond acceptors (Lipinski definition) is 3. The number of halogens is 1. The Morgan fingerprint density at radius 1 is 1.09 bits per heavy atom. The number of carbonyl (C=O) groups is 1. The molecule has 1 unspecified atom stereocenters. The topological polar surface area (TPSA) is 53.0 Å². The fraction of sp³-hybridized carbons (Fsp3) is 0.0588. The smallest absolute Gasteiger partial charge is 0.279 e. The molecule has 0 aliphatic rings. The molecule has 0 saturated heterocycles. The third-order valence-corrected chi connectivity index (χ3v) is 5.94. The Morgan fingerprint density at radius 2 is 1.77 bits per heavy atom. The zero-order valence-corrected chi connectivity index (χ0v) is 13.9. The molecule has 0 radical (unpaired) electrons. The lowest BCUT2D eigenvalue weighted by Crippen LogP contribution is -2.24. The van der Waals surface area contributed by atoms with E-state index < -0.39 is 16.4 Å². The molecular weight excluding hydrogens is 362 g/mol. The summed E-state index contributed by atoms with van der Waals surface area (Å²) in [5, 5.41) is 11.9. The van der Waals surface area contributed by atoms with Crippen LogP contribution in [0.25, 0.3) is 15.5 Å². The maximum atomic E-state index is 11.0. The Bertz CT molecular complexity index is 797. The summed E-state index contributed by atoms with van der Waals surface area (Å²) in [4.78, 5) is 17.3. The van der Waals surface area contributed by atoms with Gasteiger partial charge in [-0.3, -0.25) is 0 Å². The van der Waals surface area contributed by atoms with Crippen molar-refractivity contribution in [1.29, 1.82) is 0 Å². The fourth-order valence-corrected chi connectivity index (χ4v) is 4.62. The van der Waals surface area contributed by atoms with E-state index in [1.54, 1.807) is 6.20 Å². The molecule has 3 aromatic rings. The molecular formula is C17H12BrNO2S. The number of carboxylic acids is 1. The predicted octanol–water partition coefficient (Wildman–Crippen LogP) is 3.54. The number of hydrogen-bond donors (Lipinski definition) is 0. The summed E-state index contributed by atoms with van der Waals surface area (Å²) in [7, 11) is -0.477. The molecule has 3 nitrogen and oxygen atoms in total. The Hall–Kier alpha value is -1.98. The van der Waals surface area contributed by atoms with Crippen LogP contribution in [0.5, 0.6) is 0 Å². The average molecular weight is 374 g/mol. The van der Waals surface area contributed by atoms with Gasteiger partial charge in [0.1, 0.15) is 0 Å². The number of aromatic nitrogens is 1. The van der Waals surface area contributed by atoms with Gasteiger partial charge in [-0.15, -0.1) is 0 Å². The number of benzene rings is 2. The first-order valence-electron chi connectivity index (χ1n) is 6.67. The van der Waals surface area contributed by atoms with E-state index in [-0.39, 0.29) is 6.42 Å². The highest BCUT2D eigenvalue weighted by atomic mass is 79.9. The summed E-state index contributed by atoms with van der Waals surface area (Å²) in [6.45, 7) is 0. The second-order valence-corrected chi connectivity index (χ2v) is 7.62. The van der Waals surface area contributed by atoms with Gasteiger partial charge in [-0.05, 0) is 36.4 Å². The van der Waals surface area contributed by atoms with E-state index in [1.165, 1.54) is 0 Å². The summed E-state index contributed by atoms with van der Waals surface area (Å²) in [6.07, 6.45) is 1.57. The predicted molar refractivity (Wildman–Crippen MR) is 89.9 cm³/mol. The third kappa shape index (κ3) is 3.10. The lowest BCUT2D eigenvalue weighted by atomic mass is 10.2. The largest absolute Gasteiger partial charge is 0.550 e. The van der Waals surface area contributed by atoms with Gasteiger partial charge in [-0.1, -0.05) is 34.1 Å². The quantitative estimate of drug-likeness (QED) is 0.657. The molecule has 2 aromatic carbocycles. The molecule has 1 heterocycles. The Morgan fingerprint density at radius 3 is 2.41 bits per heavy atom. The number of carbonyl (C=O) groups excluding carboxylic acids is 1. The van der Waals surface area contributed by atoms with Crippen molar-refractivity contribution in [2.75, 3.05) is 0 Å². The molecule has 5 heteroatoms. The van der Waals surface area contributed by atoms with Crippen LogP contribution < -0.4 is 5.11 Å². The molecule has 1 atom stereocenters. The molecule has 22 heavy (non-hydrogen) atoms. The summed E-state index contributed by atoms with van der Waals surface area (Å²) in [5.41, 5.74) is 1.01. The highest BCUT2D eigenvalue weighted by molar-refractivity contribution is 9.10. The Labute approximate surface area is 139 Å². The molecule has 0 bridgehead atoms. The molecule has 0 fully saturated rings. The van der Waals surface area contributed by atoms with E-state index in [1.807, 2.05) is 54.6 Å². The van der Waals surface area contributed by atoms with E-state index in [9.17, 15) is 9.90 Å². The van der Waals surface area contributed by atoms with Crippen LogP contribution in [0.3, 0.4) is 0 Å². The molecule has 3 rings (SSSR count). The monoisotopic (exact) mass is 373 g/mol. The average Bonchev–Trinajstić information content (AvgIpc) is 2.92. The minimum Gasteiger partial charge on any atom is -0.550 e. The van der Waals surface area contributed by atoms with E-state index in [2.05, 4.69) is 20.9 Å². The third-order valence-electron chi connectivity index (χ3n) is 3.17. The number of nitrogens with zero attached hydrogens (tertiary/aromatic N) is 1. The standard InChI is InChI=1S/C17H12BrNO2S/c18-13-6-8-14(9-7-13)22-15(10-16(20)21)11-19-17(22)12-4-2-1-3-5-12/h1-9,11H,10H2. The van der Waals surface area contributed by atoms with Crippen LogP contribution in [-0.2, 0) is 11.2 Å². The van der Waals surface area contributed by atoms with Crippen molar-refractivity contribution in [3.8, 4) is 15.5 Å². The Balaban J connectivity index is 2.17. The second-order valence-electron chi connectivity index (χ2n) is 4.70. The molecule has 0 N–H and O–H groups in total. The number of thiazole rings is 1. The zero-order valence-electron chi connectivity index (χ0n) is 11.5. The van der Waals surface area contributed by atoms with Crippen molar-refractivity contribution in [3.05, 3.63) is 70.1 Å². The van der Waals surface area contributed by atoms with Gasteiger partial charge >= 0.3 is 0 Å². The van der Waals surface area contributed by atoms with Crippen LogP contribution in [0.15, 0.2) is 65.3 Å². The van der Waals surface area contributed by atoms with Crippen molar-refractivity contribution in [3.63, 3.8) is 0 Å². The van der Waals surface area contributed by atoms with Gasteiger partial charge in [0.05, 0.1) is 24.2 Å². The minimum absolute atomic E-state index is 0.0982. The van der Waals surface area contributed by atoms with Crippen LogP contribution >= 0.6 is 26.4 Å². The van der Waals surface area contributed by atoms with E-state index in [0.29, 0.717) is 0 Å². The van der Waals surface area contributed by atoms with Crippen molar-refractivity contribution < 1.29 is 9.90 Å². The fourth-order valence-electron chi connectivity index (χ4n) is 2.23. The van der Waals surface area contributed by atoms with Crippen molar-refractivity contribution in [1.82, 2.24) is 4.98 Å². The molecule has 0 aliphatic heterocycles. The van der Waals surface area contributed by atoms with E-state index >= 15 is 0 Å². The second kappa shape index (κ2) is 6.42. The normalized spacial score (nSPS) is 11.4. The summed E-state index contributed by atoms with van der Waals surface area (Å²) < 4.78 is 0.989. The van der Waals surface area contributed by atoms with Gasteiger partial charge in [0.2, 0.25) is 0 Å². The van der Waals surface area contributed by atoms with Crippen LogP contribution in [-0.4, -0.2) is 11.0 Å². The number of carboxylic acid groups (broad SMARTS) is 1. The van der Waals surface area contributed by atoms with Crippen molar-refractivity contribution in [2.45, 2.75) is 6.42 Å². The molecule has 0 aliphatic carbocycles. The van der Waals surface area contributed by atoms with Gasteiger partial charge in [0.15, 0.2) is 9.77 Å². The van der Waals surface area contributed by atoms with Gasteiger partial charge in [-0.2, -0.15) is 0 Å². The van der Waals surface area contributed by atoms with Crippen LogP contribution in [0.4, 0.5) is 0 Å². The first kappa shape index (κ1) is 14.9. The lowest BCUT2D eigenvalue weighted by Gasteiger charge is -2.00. The first-order valence-corrected chi connectivity index (χ1v) is 8.69. The SMILES string of the molecule is O=C([O-])Cc1cnc(-c2ccccc2)[s+]1-c1ccc(Br)cc1. The maximum absolute atomic E-state index is 11.0. The van der Waals surface area contributed by atoms with Crippen molar-refractivity contribution >= 4 is 32.4 Å². The zero-order chi connectivity index (χ0) is 15.5. The van der Waals surface area contributed by atoms with Gasteiger partial charge in [0.25, 0.3) is 5.01 Å². The molecule has 0 spiro atoms. The lowest BCUT2D eigenvalue weighted by molar-refractivity contribution is -0.304. The van der Waals surface area contributed by atoms with Gasteiger partial charge in [0, 0.05) is 14.9 Å². The molecule has 0 amide bonds. The minimum atomic E-state index is -1.08. The van der Waals surface area contributed by atoms with Crippen molar-refractivity contribution in [2.24, 2.45) is 0 Å². The number of aliphatic carboxylic acids is 1. The number of rotatable bonds is 4. The van der Waals surface area contributed by atoms with Crippen LogP contribution in [0.1, 0.15) is 4.88 Å².